The maximum Gasteiger partial charge on any atom is 0.230 e. The van der Waals surface area contributed by atoms with Crippen molar-refractivity contribution in [1.29, 1.82) is 0 Å². The lowest BCUT2D eigenvalue weighted by Gasteiger charge is -2.28. The number of hydrogen-bond donors (Lipinski definition) is 1. The minimum Gasteiger partial charge on any atom is -0.353 e. The van der Waals surface area contributed by atoms with Crippen LogP contribution in [-0.2, 0) is 4.79 Å². The van der Waals surface area contributed by atoms with Gasteiger partial charge in [-0.25, -0.2) is 0 Å². The second-order valence-corrected chi connectivity index (χ2v) is 8.29. The number of rotatable bonds is 4. The summed E-state index contributed by atoms with van der Waals surface area (Å²) >= 11 is 3.36. The minimum atomic E-state index is 0.176. The van der Waals surface area contributed by atoms with Crippen molar-refractivity contribution < 1.29 is 4.79 Å². The molecule has 1 N–H and O–H groups in total. The highest BCUT2D eigenvalue weighted by Crippen LogP contribution is 2.49. The van der Waals surface area contributed by atoms with Crippen molar-refractivity contribution in [3.05, 3.63) is 0 Å². The molecular formula is C14H22N2OS2. The van der Waals surface area contributed by atoms with E-state index in [0.29, 0.717) is 11.8 Å². The molecule has 1 heterocycles. The number of carbonyl (C=O) groups excluding carboxylic acids is 1. The monoisotopic (exact) mass is 298 g/mol. The first-order valence-electron chi connectivity index (χ1n) is 7.32. The summed E-state index contributed by atoms with van der Waals surface area (Å²) in [6.07, 6.45) is 5.56. The number of amides is 1. The van der Waals surface area contributed by atoms with Crippen molar-refractivity contribution in [2.24, 2.45) is 22.7 Å². The summed E-state index contributed by atoms with van der Waals surface area (Å²) in [7, 11) is 0. The molecule has 3 nitrogen and oxygen atoms in total. The summed E-state index contributed by atoms with van der Waals surface area (Å²) < 4.78 is 1.09. The van der Waals surface area contributed by atoms with Crippen LogP contribution in [0.4, 0.5) is 0 Å². The molecule has 1 aliphatic heterocycles. The van der Waals surface area contributed by atoms with Crippen LogP contribution in [0.1, 0.15) is 32.6 Å². The molecule has 3 aliphatic rings. The first kappa shape index (κ1) is 13.8. The Morgan fingerprint density at radius 2 is 2.42 bits per heavy atom. The van der Waals surface area contributed by atoms with E-state index in [-0.39, 0.29) is 5.91 Å². The third kappa shape index (κ3) is 3.30. The van der Waals surface area contributed by atoms with Crippen LogP contribution in [0.5, 0.6) is 0 Å². The number of fused-ring (bicyclic) bond motifs is 2. The maximum absolute atomic E-state index is 12.0. The Labute approximate surface area is 123 Å². The van der Waals surface area contributed by atoms with E-state index >= 15 is 0 Å². The van der Waals surface area contributed by atoms with Gasteiger partial charge < -0.3 is 5.32 Å². The highest BCUT2D eigenvalue weighted by molar-refractivity contribution is 8.39. The van der Waals surface area contributed by atoms with Gasteiger partial charge in [0.2, 0.25) is 5.91 Å². The zero-order valence-electron chi connectivity index (χ0n) is 11.4. The van der Waals surface area contributed by atoms with Crippen LogP contribution in [-0.4, -0.2) is 34.4 Å². The van der Waals surface area contributed by atoms with Gasteiger partial charge in [-0.15, -0.1) is 0 Å². The van der Waals surface area contributed by atoms with E-state index in [1.807, 2.05) is 0 Å². The lowest BCUT2D eigenvalue weighted by Crippen LogP contribution is -2.41. The first-order chi connectivity index (χ1) is 9.22. The average Bonchev–Trinajstić information content (AvgIpc) is 3.13. The van der Waals surface area contributed by atoms with Crippen LogP contribution in [0.15, 0.2) is 4.99 Å². The quantitative estimate of drug-likeness (QED) is 0.867. The van der Waals surface area contributed by atoms with E-state index < -0.39 is 0 Å². The molecular weight excluding hydrogens is 276 g/mol. The molecule has 2 saturated carbocycles. The largest absolute Gasteiger partial charge is 0.353 e. The lowest BCUT2D eigenvalue weighted by atomic mass is 9.84. The summed E-state index contributed by atoms with van der Waals surface area (Å²) in [6.45, 7) is 3.10. The highest BCUT2D eigenvalue weighted by atomic mass is 32.2. The molecule has 3 rings (SSSR count). The molecule has 0 spiro atoms. The second kappa shape index (κ2) is 6.08. The van der Waals surface area contributed by atoms with Crippen LogP contribution in [0.25, 0.3) is 0 Å². The third-order valence-corrected chi connectivity index (χ3v) is 6.96. The van der Waals surface area contributed by atoms with Gasteiger partial charge in [0.05, 0.1) is 12.3 Å². The molecule has 19 heavy (non-hydrogen) atoms. The molecule has 0 aromatic rings. The Morgan fingerprint density at radius 1 is 1.53 bits per heavy atom. The van der Waals surface area contributed by atoms with Crippen molar-refractivity contribution in [1.82, 2.24) is 5.32 Å². The van der Waals surface area contributed by atoms with Crippen molar-refractivity contribution in [3.8, 4) is 0 Å². The molecule has 5 heteroatoms. The molecule has 106 valence electrons. The van der Waals surface area contributed by atoms with Crippen molar-refractivity contribution in [2.75, 3.05) is 18.1 Å². The second-order valence-electron chi connectivity index (χ2n) is 5.98. The zero-order chi connectivity index (χ0) is 13.2. The first-order valence-corrected chi connectivity index (χ1v) is 9.29. The lowest BCUT2D eigenvalue weighted by molar-refractivity contribution is -0.119. The fourth-order valence-corrected chi connectivity index (χ4v) is 5.66. The number of aliphatic imine (C=N–C) groups is 1. The van der Waals surface area contributed by atoms with Gasteiger partial charge in [0.25, 0.3) is 0 Å². The van der Waals surface area contributed by atoms with Crippen LogP contribution in [0.3, 0.4) is 0 Å². The summed E-state index contributed by atoms with van der Waals surface area (Å²) in [4.78, 5) is 16.3. The molecule has 0 aromatic heterocycles. The number of hydrogen-bond acceptors (Lipinski definition) is 4. The van der Waals surface area contributed by atoms with Gasteiger partial charge in [-0.3, -0.25) is 9.79 Å². The van der Waals surface area contributed by atoms with E-state index in [9.17, 15) is 4.79 Å². The van der Waals surface area contributed by atoms with Gasteiger partial charge in [-0.2, -0.15) is 0 Å². The molecule has 0 aromatic carbocycles. The molecule has 2 aliphatic carbocycles. The molecule has 0 unspecified atom stereocenters. The maximum atomic E-state index is 12.0. The zero-order valence-corrected chi connectivity index (χ0v) is 13.1. The highest BCUT2D eigenvalue weighted by Gasteiger charge is 2.42. The van der Waals surface area contributed by atoms with Gasteiger partial charge in [-0.05, 0) is 43.9 Å². The smallest absolute Gasteiger partial charge is 0.230 e. The summed E-state index contributed by atoms with van der Waals surface area (Å²) in [5.41, 5.74) is 0. The van der Waals surface area contributed by atoms with Crippen LogP contribution < -0.4 is 5.32 Å². The third-order valence-electron chi connectivity index (χ3n) is 4.71. The van der Waals surface area contributed by atoms with Crippen molar-refractivity contribution in [2.45, 2.75) is 38.6 Å². The molecule has 1 amide bonds. The molecule has 4 atom stereocenters. The average molecular weight is 298 g/mol. The Balaban J connectivity index is 1.41. The van der Waals surface area contributed by atoms with Crippen LogP contribution in [0, 0.1) is 17.8 Å². The number of nitrogens with zero attached hydrogens (tertiary/aromatic N) is 1. The van der Waals surface area contributed by atoms with Crippen molar-refractivity contribution in [3.63, 3.8) is 0 Å². The summed E-state index contributed by atoms with van der Waals surface area (Å²) in [5, 5.41) is 3.21. The molecule has 0 saturated heterocycles. The number of thioether (sulfide) groups is 2. The normalized spacial score (nSPS) is 34.4. The predicted octanol–water partition coefficient (Wildman–Crippen LogP) is 2.76. The minimum absolute atomic E-state index is 0.176. The SMILES string of the molecule is C[C@H](NC(=O)CSC1=NCCS1)[C@H]1C[C@@H]2CC[C@H]1C2. The Morgan fingerprint density at radius 3 is 3.05 bits per heavy atom. The van der Waals surface area contributed by atoms with Crippen LogP contribution in [0.2, 0.25) is 0 Å². The summed E-state index contributed by atoms with van der Waals surface area (Å²) in [5.74, 6) is 4.33. The fraction of sp³-hybridized carbons (Fsp3) is 0.857. The van der Waals surface area contributed by atoms with Gasteiger partial charge in [0.15, 0.2) is 0 Å². The van der Waals surface area contributed by atoms with E-state index in [1.54, 1.807) is 23.5 Å². The Kier molecular flexibility index (Phi) is 4.42. The topological polar surface area (TPSA) is 41.5 Å². The van der Waals surface area contributed by atoms with Crippen LogP contribution >= 0.6 is 23.5 Å². The summed E-state index contributed by atoms with van der Waals surface area (Å²) in [6, 6.07) is 0.349. The van der Waals surface area contributed by atoms with Gasteiger partial charge in [-0.1, -0.05) is 29.9 Å². The van der Waals surface area contributed by atoms with Gasteiger partial charge in [0.1, 0.15) is 4.38 Å². The van der Waals surface area contributed by atoms with Crippen molar-refractivity contribution >= 4 is 33.8 Å². The Hall–Kier alpha value is -0.160. The van der Waals surface area contributed by atoms with Gasteiger partial charge >= 0.3 is 0 Å². The van der Waals surface area contributed by atoms with Gasteiger partial charge in [0, 0.05) is 11.8 Å². The van der Waals surface area contributed by atoms with E-state index in [1.165, 1.54) is 25.7 Å². The number of nitrogens with one attached hydrogen (secondary N) is 1. The standard InChI is InChI=1S/C14H22N2OS2/c1-9(12-7-10-2-3-11(12)6-10)16-13(17)8-19-14-15-4-5-18-14/h9-12H,2-8H2,1H3,(H,16,17)/t9-,10+,11-,12+/m0/s1. The molecule has 0 radical (unpaired) electrons. The van der Waals surface area contributed by atoms with E-state index in [4.69, 9.17) is 0 Å². The van der Waals surface area contributed by atoms with E-state index in [2.05, 4.69) is 17.2 Å². The number of carbonyl (C=O) groups is 1. The predicted molar refractivity (Wildman–Crippen MR) is 83.8 cm³/mol. The molecule has 2 bridgehead atoms. The van der Waals surface area contributed by atoms with E-state index in [0.717, 1.165) is 34.4 Å². The Bertz CT molecular complexity index is 386. The molecule has 2 fully saturated rings. The fourth-order valence-electron chi connectivity index (χ4n) is 3.84.